The molecular weight excluding hydrogens is 178 g/mol. The smallest absolute Gasteiger partial charge is 0.332 e. The van der Waals surface area contributed by atoms with Crippen molar-refractivity contribution in [1.82, 2.24) is 5.32 Å². The predicted octanol–water partition coefficient (Wildman–Crippen LogP) is -1.42. The van der Waals surface area contributed by atoms with E-state index in [0.717, 1.165) is 0 Å². The zero-order valence-corrected chi connectivity index (χ0v) is 7.32. The second kappa shape index (κ2) is 6.38. The van der Waals surface area contributed by atoms with Gasteiger partial charge >= 0.3 is 5.97 Å². The van der Waals surface area contributed by atoms with E-state index in [1.165, 1.54) is 7.11 Å². The van der Waals surface area contributed by atoms with Crippen LogP contribution in [0.3, 0.4) is 0 Å². The topological polar surface area (TPSA) is 95.9 Å². The molecule has 0 aromatic carbocycles. The molecule has 0 unspecified atom stereocenters. The molecule has 0 fully saturated rings. The summed E-state index contributed by atoms with van der Waals surface area (Å²) in [5.41, 5.74) is 0. The van der Waals surface area contributed by atoms with Gasteiger partial charge in [0.2, 0.25) is 5.91 Å². The van der Waals surface area contributed by atoms with Crippen LogP contribution in [0.2, 0.25) is 0 Å². The summed E-state index contributed by atoms with van der Waals surface area (Å²) in [7, 11) is 1.38. The van der Waals surface area contributed by atoms with Crippen LogP contribution in [0, 0.1) is 0 Å². The van der Waals surface area contributed by atoms with Crippen LogP contribution in [0.15, 0.2) is 0 Å². The Hall–Kier alpha value is -1.14. The number of hydrogen-bond donors (Lipinski definition) is 3. The van der Waals surface area contributed by atoms with Crippen molar-refractivity contribution in [3.05, 3.63) is 0 Å². The van der Waals surface area contributed by atoms with Gasteiger partial charge in [0, 0.05) is 20.1 Å². The highest BCUT2D eigenvalue weighted by Crippen LogP contribution is 1.88. The molecule has 0 aliphatic carbocycles. The number of aliphatic hydroxyl groups is 1. The highest BCUT2D eigenvalue weighted by molar-refractivity contribution is 5.77. The Morgan fingerprint density at radius 2 is 2.15 bits per heavy atom. The quantitative estimate of drug-likeness (QED) is 0.479. The predicted molar refractivity (Wildman–Crippen MR) is 43.1 cm³/mol. The largest absolute Gasteiger partial charge is 0.479 e. The molecule has 13 heavy (non-hydrogen) atoms. The molecule has 0 aliphatic heterocycles. The van der Waals surface area contributed by atoms with Crippen molar-refractivity contribution in [2.45, 2.75) is 12.5 Å². The molecule has 1 atom stereocenters. The standard InChI is InChI=1S/C7H13NO5/c1-13-4-6(10)8-3-2-5(9)7(11)12/h5,9H,2-4H2,1H3,(H,8,10)(H,11,12)/t5-/m0/s1. The van der Waals surface area contributed by atoms with Gasteiger partial charge in [-0.3, -0.25) is 4.79 Å². The SMILES string of the molecule is COCC(=O)NCC[C@H](O)C(=O)O. The molecule has 0 rings (SSSR count). The Morgan fingerprint density at radius 1 is 1.54 bits per heavy atom. The molecule has 1 amide bonds. The normalized spacial score (nSPS) is 12.2. The third-order valence-electron chi connectivity index (χ3n) is 1.30. The zero-order valence-electron chi connectivity index (χ0n) is 7.32. The van der Waals surface area contributed by atoms with Crippen molar-refractivity contribution < 1.29 is 24.5 Å². The van der Waals surface area contributed by atoms with E-state index >= 15 is 0 Å². The van der Waals surface area contributed by atoms with Crippen LogP contribution in [0.1, 0.15) is 6.42 Å². The number of nitrogens with one attached hydrogen (secondary N) is 1. The molecule has 6 heteroatoms. The summed E-state index contributed by atoms with van der Waals surface area (Å²) in [5, 5.41) is 19.4. The maximum Gasteiger partial charge on any atom is 0.332 e. The van der Waals surface area contributed by atoms with Crippen LogP contribution in [0.5, 0.6) is 0 Å². The maximum absolute atomic E-state index is 10.7. The number of methoxy groups -OCH3 is 1. The summed E-state index contributed by atoms with van der Waals surface area (Å²) in [6.45, 7) is 0.0544. The first kappa shape index (κ1) is 11.9. The number of carboxylic acid groups (broad SMARTS) is 1. The molecule has 0 aromatic rings. The lowest BCUT2D eigenvalue weighted by Gasteiger charge is -2.06. The summed E-state index contributed by atoms with van der Waals surface area (Å²) < 4.78 is 4.52. The molecule has 0 aromatic heterocycles. The molecule has 0 saturated heterocycles. The van der Waals surface area contributed by atoms with Crippen LogP contribution >= 0.6 is 0 Å². The lowest BCUT2D eigenvalue weighted by atomic mass is 10.2. The number of amides is 1. The zero-order chi connectivity index (χ0) is 10.3. The number of aliphatic carboxylic acids is 1. The maximum atomic E-state index is 10.7. The second-order valence-electron chi connectivity index (χ2n) is 2.43. The Kier molecular flexibility index (Phi) is 5.82. The van der Waals surface area contributed by atoms with Crippen LogP contribution < -0.4 is 5.32 Å². The number of rotatable bonds is 6. The van der Waals surface area contributed by atoms with Crippen molar-refractivity contribution in [2.75, 3.05) is 20.3 Å². The molecule has 76 valence electrons. The van der Waals surface area contributed by atoms with Crippen molar-refractivity contribution in [1.29, 1.82) is 0 Å². The third kappa shape index (κ3) is 6.06. The van der Waals surface area contributed by atoms with Gasteiger partial charge in [0.1, 0.15) is 6.61 Å². The van der Waals surface area contributed by atoms with Gasteiger partial charge in [0.25, 0.3) is 0 Å². The summed E-state index contributed by atoms with van der Waals surface area (Å²) in [5.74, 6) is -1.62. The Labute approximate surface area is 75.5 Å². The molecule has 0 heterocycles. The summed E-state index contributed by atoms with van der Waals surface area (Å²) in [4.78, 5) is 20.8. The van der Waals surface area contributed by atoms with E-state index < -0.39 is 12.1 Å². The molecule has 0 radical (unpaired) electrons. The van der Waals surface area contributed by atoms with Crippen molar-refractivity contribution in [3.8, 4) is 0 Å². The van der Waals surface area contributed by atoms with E-state index in [9.17, 15) is 9.59 Å². The van der Waals surface area contributed by atoms with Crippen LogP contribution in [0.4, 0.5) is 0 Å². The lowest BCUT2D eigenvalue weighted by Crippen LogP contribution is -2.32. The van der Waals surface area contributed by atoms with E-state index in [1.807, 2.05) is 0 Å². The average molecular weight is 191 g/mol. The van der Waals surface area contributed by atoms with Gasteiger partial charge in [0.05, 0.1) is 0 Å². The second-order valence-corrected chi connectivity index (χ2v) is 2.43. The fraction of sp³-hybridized carbons (Fsp3) is 0.714. The van der Waals surface area contributed by atoms with E-state index in [4.69, 9.17) is 10.2 Å². The molecule has 0 aliphatic rings. The minimum Gasteiger partial charge on any atom is -0.479 e. The highest BCUT2D eigenvalue weighted by atomic mass is 16.5. The highest BCUT2D eigenvalue weighted by Gasteiger charge is 2.12. The number of carboxylic acids is 1. The summed E-state index contributed by atoms with van der Waals surface area (Å²) in [6, 6.07) is 0. The number of carbonyl (C=O) groups is 2. The first-order chi connectivity index (χ1) is 6.07. The van der Waals surface area contributed by atoms with E-state index in [1.54, 1.807) is 0 Å². The summed E-state index contributed by atoms with van der Waals surface area (Å²) >= 11 is 0. The molecule has 3 N–H and O–H groups in total. The molecule has 0 spiro atoms. The monoisotopic (exact) mass is 191 g/mol. The first-order valence-corrected chi connectivity index (χ1v) is 3.74. The number of hydrogen-bond acceptors (Lipinski definition) is 4. The molecule has 0 bridgehead atoms. The Morgan fingerprint density at radius 3 is 2.62 bits per heavy atom. The van der Waals surface area contributed by atoms with Gasteiger partial charge in [-0.15, -0.1) is 0 Å². The van der Waals surface area contributed by atoms with Gasteiger partial charge in [0.15, 0.2) is 6.10 Å². The third-order valence-corrected chi connectivity index (χ3v) is 1.30. The molecule has 0 saturated carbocycles. The summed E-state index contributed by atoms with van der Waals surface area (Å²) in [6.07, 6.45) is -1.44. The fourth-order valence-electron chi connectivity index (χ4n) is 0.654. The number of ether oxygens (including phenoxy) is 1. The first-order valence-electron chi connectivity index (χ1n) is 3.74. The molecule has 6 nitrogen and oxygen atoms in total. The minimum absolute atomic E-state index is 0.00914. The van der Waals surface area contributed by atoms with Crippen molar-refractivity contribution in [3.63, 3.8) is 0 Å². The van der Waals surface area contributed by atoms with Crippen LogP contribution in [0.25, 0.3) is 0 Å². The van der Waals surface area contributed by atoms with Crippen LogP contribution in [-0.2, 0) is 14.3 Å². The van der Waals surface area contributed by atoms with Gasteiger partial charge in [-0.05, 0) is 0 Å². The van der Waals surface area contributed by atoms with Gasteiger partial charge < -0.3 is 20.3 Å². The van der Waals surface area contributed by atoms with Crippen LogP contribution in [-0.4, -0.2) is 48.5 Å². The van der Waals surface area contributed by atoms with Gasteiger partial charge in [-0.2, -0.15) is 0 Å². The average Bonchev–Trinajstić information content (AvgIpc) is 2.04. The lowest BCUT2D eigenvalue weighted by molar-refractivity contribution is -0.147. The van der Waals surface area contributed by atoms with Crippen molar-refractivity contribution in [2.24, 2.45) is 0 Å². The minimum atomic E-state index is -1.43. The Balaban J connectivity index is 3.44. The Bertz CT molecular complexity index is 182. The fourth-order valence-corrected chi connectivity index (χ4v) is 0.654. The van der Waals surface area contributed by atoms with E-state index in [2.05, 4.69) is 10.1 Å². The number of aliphatic hydroxyl groups excluding tert-OH is 1. The number of carbonyl (C=O) groups excluding carboxylic acids is 1. The van der Waals surface area contributed by atoms with E-state index in [0.29, 0.717) is 0 Å². The van der Waals surface area contributed by atoms with Gasteiger partial charge in [-0.1, -0.05) is 0 Å². The van der Waals surface area contributed by atoms with Gasteiger partial charge in [-0.25, -0.2) is 4.79 Å². The van der Waals surface area contributed by atoms with E-state index in [-0.39, 0.29) is 25.5 Å². The molecular formula is C7H13NO5. The van der Waals surface area contributed by atoms with Crippen molar-refractivity contribution >= 4 is 11.9 Å².